The minimum atomic E-state index is 0.0571. The molecular formula is C9H19N3O. The Morgan fingerprint density at radius 2 is 2.15 bits per heavy atom. The summed E-state index contributed by atoms with van der Waals surface area (Å²) >= 11 is 0. The molecule has 76 valence electrons. The molecule has 0 aromatic carbocycles. The Balaban J connectivity index is 2.33. The van der Waals surface area contributed by atoms with Crippen LogP contribution in [-0.2, 0) is 4.79 Å². The van der Waals surface area contributed by atoms with E-state index in [1.54, 1.807) is 6.92 Å². The van der Waals surface area contributed by atoms with E-state index in [-0.39, 0.29) is 5.91 Å². The molecule has 1 atom stereocenters. The summed E-state index contributed by atoms with van der Waals surface area (Å²) in [5.74, 6) is 0.0571. The highest BCUT2D eigenvalue weighted by molar-refractivity contribution is 5.72. The van der Waals surface area contributed by atoms with Gasteiger partial charge in [-0.3, -0.25) is 9.69 Å². The topological polar surface area (TPSA) is 35.6 Å². The Kier molecular flexibility index (Phi) is 3.69. The SMILES string of the molecule is CC(=O)NC[C@@H]1CN(C)CCN1C. The Labute approximate surface area is 79.9 Å². The molecule has 0 unspecified atom stereocenters. The lowest BCUT2D eigenvalue weighted by Crippen LogP contribution is -2.54. The fourth-order valence-corrected chi connectivity index (χ4v) is 1.58. The first-order valence-corrected chi connectivity index (χ1v) is 4.73. The summed E-state index contributed by atoms with van der Waals surface area (Å²) < 4.78 is 0. The zero-order valence-electron chi connectivity index (χ0n) is 8.71. The van der Waals surface area contributed by atoms with Crippen molar-refractivity contribution in [2.75, 3.05) is 40.3 Å². The average molecular weight is 185 g/mol. The number of carbonyl (C=O) groups excluding carboxylic acids is 1. The summed E-state index contributed by atoms with van der Waals surface area (Å²) in [5.41, 5.74) is 0. The Bertz CT molecular complexity index is 184. The van der Waals surface area contributed by atoms with Crippen molar-refractivity contribution in [3.8, 4) is 0 Å². The minimum Gasteiger partial charge on any atom is -0.355 e. The summed E-state index contributed by atoms with van der Waals surface area (Å²) in [6.45, 7) is 5.56. The number of hydrogen-bond acceptors (Lipinski definition) is 3. The maximum Gasteiger partial charge on any atom is 0.216 e. The van der Waals surface area contributed by atoms with E-state index in [1.165, 1.54) is 0 Å². The molecule has 4 heteroatoms. The third-order valence-corrected chi connectivity index (χ3v) is 2.57. The van der Waals surface area contributed by atoms with Gasteiger partial charge in [0.15, 0.2) is 0 Å². The number of likely N-dealkylation sites (N-methyl/N-ethyl adjacent to an activating group) is 2. The zero-order chi connectivity index (χ0) is 9.84. The molecule has 1 heterocycles. The summed E-state index contributed by atoms with van der Waals surface area (Å²) in [7, 11) is 4.23. The van der Waals surface area contributed by atoms with E-state index < -0.39 is 0 Å². The predicted molar refractivity (Wildman–Crippen MR) is 52.6 cm³/mol. The van der Waals surface area contributed by atoms with Crippen LogP contribution < -0.4 is 5.32 Å². The first-order valence-electron chi connectivity index (χ1n) is 4.73. The molecule has 1 rings (SSSR count). The molecule has 1 aliphatic heterocycles. The molecule has 0 aliphatic carbocycles. The normalized spacial score (nSPS) is 25.9. The third-order valence-electron chi connectivity index (χ3n) is 2.57. The Hall–Kier alpha value is -0.610. The van der Waals surface area contributed by atoms with Gasteiger partial charge in [-0.15, -0.1) is 0 Å². The monoisotopic (exact) mass is 185 g/mol. The van der Waals surface area contributed by atoms with Crippen LogP contribution in [0.5, 0.6) is 0 Å². The van der Waals surface area contributed by atoms with Gasteiger partial charge < -0.3 is 10.2 Å². The zero-order valence-corrected chi connectivity index (χ0v) is 8.71. The van der Waals surface area contributed by atoms with Gasteiger partial charge in [0.1, 0.15) is 0 Å². The lowest BCUT2D eigenvalue weighted by molar-refractivity contribution is -0.119. The van der Waals surface area contributed by atoms with Gasteiger partial charge in [0.2, 0.25) is 5.91 Å². The number of amides is 1. The Morgan fingerprint density at radius 1 is 1.46 bits per heavy atom. The van der Waals surface area contributed by atoms with E-state index in [0.717, 1.165) is 26.2 Å². The molecule has 1 fully saturated rings. The fraction of sp³-hybridized carbons (Fsp3) is 0.889. The highest BCUT2D eigenvalue weighted by Crippen LogP contribution is 2.04. The molecule has 0 radical (unpaired) electrons. The molecule has 4 nitrogen and oxygen atoms in total. The molecule has 0 aromatic rings. The van der Waals surface area contributed by atoms with Crippen LogP contribution in [0.4, 0.5) is 0 Å². The van der Waals surface area contributed by atoms with Crippen molar-refractivity contribution >= 4 is 5.91 Å². The number of nitrogens with zero attached hydrogens (tertiary/aromatic N) is 2. The van der Waals surface area contributed by atoms with Gasteiger partial charge in [-0.2, -0.15) is 0 Å². The quantitative estimate of drug-likeness (QED) is 0.622. The third kappa shape index (κ3) is 3.32. The summed E-state index contributed by atoms with van der Waals surface area (Å²) in [5, 5.41) is 2.86. The molecular weight excluding hydrogens is 166 g/mol. The van der Waals surface area contributed by atoms with E-state index in [1.807, 2.05) is 0 Å². The highest BCUT2D eigenvalue weighted by Gasteiger charge is 2.21. The summed E-state index contributed by atoms with van der Waals surface area (Å²) in [6, 6.07) is 0.461. The lowest BCUT2D eigenvalue weighted by atomic mass is 10.2. The van der Waals surface area contributed by atoms with Crippen molar-refractivity contribution in [3.63, 3.8) is 0 Å². The maximum atomic E-state index is 10.7. The van der Waals surface area contributed by atoms with Crippen LogP contribution in [0, 0.1) is 0 Å². The largest absolute Gasteiger partial charge is 0.355 e. The number of hydrogen-bond donors (Lipinski definition) is 1. The van der Waals surface area contributed by atoms with Crippen LogP contribution in [0.15, 0.2) is 0 Å². The van der Waals surface area contributed by atoms with Gasteiger partial charge in [0.05, 0.1) is 0 Å². The van der Waals surface area contributed by atoms with Gasteiger partial charge >= 0.3 is 0 Å². The van der Waals surface area contributed by atoms with Crippen LogP contribution in [0.2, 0.25) is 0 Å². The van der Waals surface area contributed by atoms with Gasteiger partial charge in [-0.1, -0.05) is 0 Å². The Morgan fingerprint density at radius 3 is 2.77 bits per heavy atom. The molecule has 0 aromatic heterocycles. The van der Waals surface area contributed by atoms with Crippen LogP contribution in [0.1, 0.15) is 6.92 Å². The molecule has 1 saturated heterocycles. The molecule has 1 aliphatic rings. The van der Waals surface area contributed by atoms with Crippen molar-refractivity contribution in [2.45, 2.75) is 13.0 Å². The van der Waals surface area contributed by atoms with Gasteiger partial charge in [0.25, 0.3) is 0 Å². The smallest absolute Gasteiger partial charge is 0.216 e. The van der Waals surface area contributed by atoms with Crippen molar-refractivity contribution in [2.24, 2.45) is 0 Å². The molecule has 13 heavy (non-hydrogen) atoms. The standard InChI is InChI=1S/C9H19N3O/c1-8(13)10-6-9-7-11(2)4-5-12(9)3/h9H,4-7H2,1-3H3,(H,10,13)/t9-/m1/s1. The van der Waals surface area contributed by atoms with Crippen molar-refractivity contribution in [3.05, 3.63) is 0 Å². The van der Waals surface area contributed by atoms with Crippen molar-refractivity contribution < 1.29 is 4.79 Å². The van der Waals surface area contributed by atoms with E-state index >= 15 is 0 Å². The molecule has 0 saturated carbocycles. The van der Waals surface area contributed by atoms with Gasteiger partial charge in [0, 0.05) is 39.1 Å². The van der Waals surface area contributed by atoms with Crippen LogP contribution in [0.25, 0.3) is 0 Å². The van der Waals surface area contributed by atoms with Crippen molar-refractivity contribution in [1.29, 1.82) is 0 Å². The summed E-state index contributed by atoms with van der Waals surface area (Å²) in [6.07, 6.45) is 0. The van der Waals surface area contributed by atoms with Gasteiger partial charge in [-0.25, -0.2) is 0 Å². The first-order chi connectivity index (χ1) is 6.09. The van der Waals surface area contributed by atoms with E-state index in [0.29, 0.717) is 6.04 Å². The molecule has 1 N–H and O–H groups in total. The van der Waals surface area contributed by atoms with E-state index in [2.05, 4.69) is 29.2 Å². The summed E-state index contributed by atoms with van der Waals surface area (Å²) in [4.78, 5) is 15.3. The van der Waals surface area contributed by atoms with Crippen molar-refractivity contribution in [1.82, 2.24) is 15.1 Å². The molecule has 0 bridgehead atoms. The maximum absolute atomic E-state index is 10.7. The van der Waals surface area contributed by atoms with Crippen LogP contribution in [0.3, 0.4) is 0 Å². The molecule has 1 amide bonds. The second-order valence-electron chi connectivity index (χ2n) is 3.83. The van der Waals surface area contributed by atoms with E-state index in [9.17, 15) is 4.79 Å². The average Bonchev–Trinajstić information content (AvgIpc) is 2.06. The number of nitrogens with one attached hydrogen (secondary N) is 1. The highest BCUT2D eigenvalue weighted by atomic mass is 16.1. The number of carbonyl (C=O) groups is 1. The van der Waals surface area contributed by atoms with Gasteiger partial charge in [-0.05, 0) is 14.1 Å². The fourth-order valence-electron chi connectivity index (χ4n) is 1.58. The first kappa shape index (κ1) is 10.5. The second kappa shape index (κ2) is 4.58. The number of rotatable bonds is 2. The van der Waals surface area contributed by atoms with Crippen LogP contribution in [-0.4, -0.2) is 62.0 Å². The number of piperazine rings is 1. The van der Waals surface area contributed by atoms with E-state index in [4.69, 9.17) is 0 Å². The minimum absolute atomic E-state index is 0.0571. The van der Waals surface area contributed by atoms with Crippen LogP contribution >= 0.6 is 0 Å². The second-order valence-corrected chi connectivity index (χ2v) is 3.83. The lowest BCUT2D eigenvalue weighted by Gasteiger charge is -2.37. The molecule has 0 spiro atoms. The predicted octanol–water partition coefficient (Wildman–Crippen LogP) is -0.632.